The highest BCUT2D eigenvalue weighted by Gasteiger charge is 2.24. The molecule has 1 aliphatic rings. The molecule has 0 bridgehead atoms. The average Bonchev–Trinajstić information content (AvgIpc) is 2.84. The van der Waals surface area contributed by atoms with Crippen molar-refractivity contribution in [1.29, 1.82) is 0 Å². The maximum absolute atomic E-state index is 12.3. The van der Waals surface area contributed by atoms with Gasteiger partial charge >= 0.3 is 0 Å². The van der Waals surface area contributed by atoms with Gasteiger partial charge in [-0.15, -0.1) is 0 Å². The molecule has 2 aromatic rings. The first-order valence-corrected chi connectivity index (χ1v) is 6.89. The number of nitro benzene ring substituents is 1. The Bertz CT molecular complexity index is 809. The summed E-state index contributed by atoms with van der Waals surface area (Å²) in [7, 11) is 1.64. The predicted octanol–water partition coefficient (Wildman–Crippen LogP) is 3.46. The molecule has 1 N–H and O–H groups in total. The van der Waals surface area contributed by atoms with Crippen molar-refractivity contribution in [2.45, 2.75) is 6.42 Å². The van der Waals surface area contributed by atoms with Gasteiger partial charge in [-0.05, 0) is 23.3 Å². The summed E-state index contributed by atoms with van der Waals surface area (Å²) in [6, 6.07) is 12.4. The van der Waals surface area contributed by atoms with Gasteiger partial charge < -0.3 is 5.32 Å². The number of carbonyl (C=O) groups excluding carboxylic acids is 1. The summed E-state index contributed by atoms with van der Waals surface area (Å²) < 4.78 is 0. The van der Waals surface area contributed by atoms with Gasteiger partial charge in [-0.3, -0.25) is 14.9 Å². The molecular weight excluding hydrogens is 280 g/mol. The van der Waals surface area contributed by atoms with E-state index >= 15 is 0 Å². The van der Waals surface area contributed by atoms with E-state index in [1.807, 2.05) is 24.3 Å². The van der Waals surface area contributed by atoms with E-state index in [4.69, 9.17) is 0 Å². The minimum atomic E-state index is -0.431. The molecule has 5 nitrogen and oxygen atoms in total. The van der Waals surface area contributed by atoms with Crippen LogP contribution in [-0.2, 0) is 6.42 Å². The van der Waals surface area contributed by atoms with Gasteiger partial charge in [-0.25, -0.2) is 0 Å². The number of fused-ring (bicyclic) bond motifs is 1. The van der Waals surface area contributed by atoms with Gasteiger partial charge in [0.15, 0.2) is 5.78 Å². The van der Waals surface area contributed by atoms with Crippen molar-refractivity contribution in [1.82, 2.24) is 0 Å². The zero-order chi connectivity index (χ0) is 15.7. The second-order valence-corrected chi connectivity index (χ2v) is 5.12. The molecule has 1 aliphatic carbocycles. The van der Waals surface area contributed by atoms with Crippen LogP contribution in [0.25, 0.3) is 6.08 Å². The topological polar surface area (TPSA) is 72.2 Å². The van der Waals surface area contributed by atoms with Gasteiger partial charge in [0.25, 0.3) is 5.69 Å². The first kappa shape index (κ1) is 14.0. The molecule has 5 heteroatoms. The quantitative estimate of drug-likeness (QED) is 0.534. The van der Waals surface area contributed by atoms with Crippen molar-refractivity contribution in [2.24, 2.45) is 0 Å². The molecule has 22 heavy (non-hydrogen) atoms. The third kappa shape index (κ3) is 2.37. The summed E-state index contributed by atoms with van der Waals surface area (Å²) in [5.74, 6) is -0.00375. The van der Waals surface area contributed by atoms with Crippen LogP contribution in [0.1, 0.15) is 21.5 Å². The van der Waals surface area contributed by atoms with Crippen molar-refractivity contribution < 1.29 is 9.72 Å². The van der Waals surface area contributed by atoms with Crippen molar-refractivity contribution in [3.63, 3.8) is 0 Å². The Morgan fingerprint density at radius 3 is 2.68 bits per heavy atom. The largest absolute Gasteiger partial charge is 0.383 e. The van der Waals surface area contributed by atoms with Gasteiger partial charge in [-0.2, -0.15) is 0 Å². The maximum Gasteiger partial charge on any atom is 0.292 e. The van der Waals surface area contributed by atoms with Crippen LogP contribution in [0.4, 0.5) is 11.4 Å². The van der Waals surface area contributed by atoms with Crippen molar-refractivity contribution in [3.05, 3.63) is 74.8 Å². The highest BCUT2D eigenvalue weighted by molar-refractivity contribution is 6.15. The van der Waals surface area contributed by atoms with Crippen LogP contribution in [0.2, 0.25) is 0 Å². The molecule has 0 fully saturated rings. The first-order valence-electron chi connectivity index (χ1n) is 6.89. The van der Waals surface area contributed by atoms with E-state index in [9.17, 15) is 14.9 Å². The van der Waals surface area contributed by atoms with Crippen LogP contribution < -0.4 is 5.32 Å². The number of allylic oxidation sites excluding steroid dienone is 1. The van der Waals surface area contributed by atoms with Gasteiger partial charge in [-0.1, -0.05) is 30.3 Å². The first-order chi connectivity index (χ1) is 10.6. The molecule has 0 saturated carbocycles. The third-order valence-corrected chi connectivity index (χ3v) is 3.76. The van der Waals surface area contributed by atoms with Gasteiger partial charge in [0.05, 0.1) is 4.92 Å². The molecule has 110 valence electrons. The van der Waals surface area contributed by atoms with Crippen LogP contribution in [-0.4, -0.2) is 17.8 Å². The van der Waals surface area contributed by atoms with Gasteiger partial charge in [0.2, 0.25) is 0 Å². The fourth-order valence-corrected chi connectivity index (χ4v) is 2.67. The minimum absolute atomic E-state index is 0.000176. The molecule has 0 aromatic heterocycles. The molecule has 0 amide bonds. The highest BCUT2D eigenvalue weighted by atomic mass is 16.6. The summed E-state index contributed by atoms with van der Waals surface area (Å²) in [6.07, 6.45) is 2.30. The molecule has 0 heterocycles. The predicted molar refractivity (Wildman–Crippen MR) is 85.1 cm³/mol. The second kappa shape index (κ2) is 5.44. The molecule has 0 radical (unpaired) electrons. The summed E-state index contributed by atoms with van der Waals surface area (Å²) in [6.45, 7) is 0. The number of nitrogens with zero attached hydrogens (tertiary/aromatic N) is 1. The number of hydrogen-bond acceptors (Lipinski definition) is 4. The molecule has 0 spiro atoms. The highest BCUT2D eigenvalue weighted by Crippen LogP contribution is 2.30. The van der Waals surface area contributed by atoms with E-state index in [1.165, 1.54) is 6.07 Å². The number of benzene rings is 2. The standard InChI is InChI=1S/C17H14N2O3/c1-18-15-7-6-11(9-16(15)19(21)22)8-13-10-12-4-2-3-5-14(12)17(13)20/h2-9,18H,10H2,1H3/b13-8-. The average molecular weight is 294 g/mol. The number of rotatable bonds is 3. The molecule has 0 atom stereocenters. The maximum atomic E-state index is 12.3. The summed E-state index contributed by atoms with van der Waals surface area (Å²) in [5, 5.41) is 13.9. The lowest BCUT2D eigenvalue weighted by atomic mass is 10.1. The Labute approximate surface area is 127 Å². The normalized spacial score (nSPS) is 15.0. The molecule has 3 rings (SSSR count). The third-order valence-electron chi connectivity index (χ3n) is 3.76. The lowest BCUT2D eigenvalue weighted by Gasteiger charge is -2.03. The Morgan fingerprint density at radius 2 is 2.00 bits per heavy atom. The van der Waals surface area contributed by atoms with Crippen molar-refractivity contribution >= 4 is 23.2 Å². The molecule has 0 unspecified atom stereocenters. The number of anilines is 1. The fraction of sp³-hybridized carbons (Fsp3) is 0.118. The molecule has 0 saturated heterocycles. The number of carbonyl (C=O) groups is 1. The molecule has 2 aromatic carbocycles. The number of nitrogens with one attached hydrogen (secondary N) is 1. The zero-order valence-corrected chi connectivity index (χ0v) is 12.0. The minimum Gasteiger partial charge on any atom is -0.383 e. The van der Waals surface area contributed by atoms with E-state index in [-0.39, 0.29) is 11.5 Å². The summed E-state index contributed by atoms with van der Waals surface area (Å²) >= 11 is 0. The SMILES string of the molecule is CNc1ccc(/C=C2/Cc3ccccc3C2=O)cc1[N+](=O)[O-]. The van der Waals surface area contributed by atoms with E-state index < -0.39 is 4.92 Å². The van der Waals surface area contributed by atoms with Crippen LogP contribution in [0.3, 0.4) is 0 Å². The number of Topliss-reactive ketones (excluding diaryl/α,β-unsaturated/α-hetero) is 1. The lowest BCUT2D eigenvalue weighted by molar-refractivity contribution is -0.383. The van der Waals surface area contributed by atoms with Crippen molar-refractivity contribution in [3.8, 4) is 0 Å². The van der Waals surface area contributed by atoms with E-state index in [1.54, 1.807) is 25.3 Å². The number of nitro groups is 1. The summed E-state index contributed by atoms with van der Waals surface area (Å²) in [4.78, 5) is 23.0. The Kier molecular flexibility index (Phi) is 3.47. The van der Waals surface area contributed by atoms with Gasteiger partial charge in [0, 0.05) is 30.7 Å². The summed E-state index contributed by atoms with van der Waals surface area (Å²) in [5.41, 5.74) is 3.48. The monoisotopic (exact) mass is 294 g/mol. The van der Waals surface area contributed by atoms with Crippen LogP contribution in [0.15, 0.2) is 48.0 Å². The molecular formula is C17H14N2O3. The second-order valence-electron chi connectivity index (χ2n) is 5.12. The van der Waals surface area contributed by atoms with Crippen LogP contribution in [0, 0.1) is 10.1 Å². The van der Waals surface area contributed by atoms with E-state index in [0.29, 0.717) is 23.2 Å². The van der Waals surface area contributed by atoms with Gasteiger partial charge in [0.1, 0.15) is 5.69 Å². The van der Waals surface area contributed by atoms with Crippen LogP contribution >= 0.6 is 0 Å². The Hall–Kier alpha value is -2.95. The number of hydrogen-bond donors (Lipinski definition) is 1. The fourth-order valence-electron chi connectivity index (χ4n) is 2.67. The van der Waals surface area contributed by atoms with E-state index in [0.717, 1.165) is 11.1 Å². The Morgan fingerprint density at radius 1 is 1.23 bits per heavy atom. The zero-order valence-electron chi connectivity index (χ0n) is 12.0. The van der Waals surface area contributed by atoms with Crippen molar-refractivity contribution in [2.75, 3.05) is 12.4 Å². The molecule has 0 aliphatic heterocycles. The lowest BCUT2D eigenvalue weighted by Crippen LogP contribution is -1.98. The Balaban J connectivity index is 1.99. The van der Waals surface area contributed by atoms with Crippen LogP contribution in [0.5, 0.6) is 0 Å². The van der Waals surface area contributed by atoms with E-state index in [2.05, 4.69) is 5.32 Å². The smallest absolute Gasteiger partial charge is 0.292 e. The number of ketones is 1.